The average molecular weight is 603 g/mol. The van der Waals surface area contributed by atoms with Crippen molar-refractivity contribution in [3.8, 4) is 0 Å². The van der Waals surface area contributed by atoms with Crippen molar-refractivity contribution in [3.63, 3.8) is 0 Å². The van der Waals surface area contributed by atoms with Gasteiger partial charge in [0.25, 0.3) is 5.69 Å². The number of likely N-dealkylation sites (tertiary alicyclic amines) is 2. The minimum atomic E-state index is -1.13. The van der Waals surface area contributed by atoms with Crippen LogP contribution in [0.4, 0.5) is 14.9 Å². The van der Waals surface area contributed by atoms with E-state index >= 15 is 0 Å². The molecule has 0 aromatic heterocycles. The standard InChI is InChI=1S/C34H39FN4O5/c1-2-20-44-33(40)38(22-27-8-14-32(15-9-27)39(42)43)31-16-18-36(19-17-31)23-29-24-37(21-26-6-4-3-5-7-26)25-34(29,41)28-10-12-30(35)13-11-28/h2-15,29,31,41H,1,16-25H2. The van der Waals surface area contributed by atoms with E-state index in [1.165, 1.54) is 35.9 Å². The molecule has 9 nitrogen and oxygen atoms in total. The van der Waals surface area contributed by atoms with Crippen LogP contribution in [0.5, 0.6) is 0 Å². The predicted molar refractivity (Wildman–Crippen MR) is 165 cm³/mol. The predicted octanol–water partition coefficient (Wildman–Crippen LogP) is 5.34. The second kappa shape index (κ2) is 14.1. The van der Waals surface area contributed by atoms with Gasteiger partial charge in [0.05, 0.1) is 4.92 Å². The van der Waals surface area contributed by atoms with E-state index in [2.05, 4.69) is 28.5 Å². The van der Waals surface area contributed by atoms with Crippen LogP contribution in [0.1, 0.15) is 29.5 Å². The Hall–Kier alpha value is -4.12. The number of halogens is 1. The lowest BCUT2D eigenvalue weighted by molar-refractivity contribution is -0.384. The molecule has 2 unspecified atom stereocenters. The number of aliphatic hydroxyl groups is 1. The number of hydrogen-bond acceptors (Lipinski definition) is 7. The lowest BCUT2D eigenvalue weighted by atomic mass is 9.83. The van der Waals surface area contributed by atoms with Crippen LogP contribution in [-0.2, 0) is 23.4 Å². The molecule has 2 fully saturated rings. The minimum Gasteiger partial charge on any atom is -0.445 e. The van der Waals surface area contributed by atoms with Gasteiger partial charge in [0, 0.05) is 69.9 Å². The quantitative estimate of drug-likeness (QED) is 0.180. The summed E-state index contributed by atoms with van der Waals surface area (Å²) in [6, 6.07) is 22.5. The third-order valence-electron chi connectivity index (χ3n) is 8.75. The molecule has 2 atom stereocenters. The maximum absolute atomic E-state index is 13.8. The summed E-state index contributed by atoms with van der Waals surface area (Å²) in [6.45, 7) is 7.98. The number of nitro benzene ring substituents is 1. The van der Waals surface area contributed by atoms with Crippen molar-refractivity contribution in [2.75, 3.05) is 39.3 Å². The number of β-amino-alcohol motifs (C(OH)–C–C–N with tert-alkyl or cyclic N) is 1. The molecule has 1 amide bonds. The topological polar surface area (TPSA) is 99.4 Å². The lowest BCUT2D eigenvalue weighted by Crippen LogP contribution is -2.49. The van der Waals surface area contributed by atoms with Crippen molar-refractivity contribution >= 4 is 11.8 Å². The molecule has 5 rings (SSSR count). The Morgan fingerprint density at radius 2 is 1.73 bits per heavy atom. The third-order valence-corrected chi connectivity index (χ3v) is 8.75. The van der Waals surface area contributed by atoms with Crippen LogP contribution in [0.3, 0.4) is 0 Å². The summed E-state index contributed by atoms with van der Waals surface area (Å²) >= 11 is 0. The molecule has 10 heteroatoms. The second-order valence-corrected chi connectivity index (χ2v) is 11.7. The number of piperidine rings is 1. The Bertz CT molecular complexity index is 1410. The zero-order chi connectivity index (χ0) is 31.1. The second-order valence-electron chi connectivity index (χ2n) is 11.7. The summed E-state index contributed by atoms with van der Waals surface area (Å²) in [7, 11) is 0. The fraction of sp³-hybridized carbons (Fsp3) is 0.382. The molecule has 2 aliphatic heterocycles. The highest BCUT2D eigenvalue weighted by atomic mass is 19.1. The number of carbonyl (C=O) groups is 1. The summed E-state index contributed by atoms with van der Waals surface area (Å²) in [5, 5.41) is 23.2. The molecular formula is C34H39FN4O5. The van der Waals surface area contributed by atoms with Gasteiger partial charge in [-0.25, -0.2) is 9.18 Å². The van der Waals surface area contributed by atoms with Gasteiger partial charge < -0.3 is 19.6 Å². The fourth-order valence-corrected chi connectivity index (χ4v) is 6.43. The van der Waals surface area contributed by atoms with Crippen LogP contribution >= 0.6 is 0 Å². The number of nitrogens with zero attached hydrogens (tertiary/aromatic N) is 4. The zero-order valence-corrected chi connectivity index (χ0v) is 24.8. The van der Waals surface area contributed by atoms with E-state index < -0.39 is 16.6 Å². The summed E-state index contributed by atoms with van der Waals surface area (Å²) in [4.78, 5) is 30.0. The van der Waals surface area contributed by atoms with Crippen molar-refractivity contribution in [2.45, 2.75) is 37.6 Å². The summed E-state index contributed by atoms with van der Waals surface area (Å²) < 4.78 is 19.2. The SMILES string of the molecule is C=CCOC(=O)N(Cc1ccc([N+](=O)[O-])cc1)C1CCN(CC2CN(Cc3ccccc3)CC2(O)c2ccc(F)cc2)CC1. The maximum atomic E-state index is 13.8. The van der Waals surface area contributed by atoms with Crippen LogP contribution < -0.4 is 0 Å². The maximum Gasteiger partial charge on any atom is 0.410 e. The number of ether oxygens (including phenoxy) is 1. The van der Waals surface area contributed by atoms with E-state index in [9.17, 15) is 24.4 Å². The summed E-state index contributed by atoms with van der Waals surface area (Å²) in [6.07, 6.45) is 2.51. The molecular weight excluding hydrogens is 563 g/mol. The van der Waals surface area contributed by atoms with E-state index in [-0.39, 0.29) is 36.6 Å². The Balaban J connectivity index is 1.26. The highest BCUT2D eigenvalue weighted by Gasteiger charge is 2.47. The van der Waals surface area contributed by atoms with Crippen LogP contribution in [-0.4, -0.2) is 76.2 Å². The number of non-ortho nitro benzene ring substituents is 1. The first-order chi connectivity index (χ1) is 21.2. The van der Waals surface area contributed by atoms with E-state index in [0.717, 1.165) is 18.7 Å². The molecule has 2 aliphatic rings. The zero-order valence-electron chi connectivity index (χ0n) is 24.8. The molecule has 0 bridgehead atoms. The number of nitro groups is 1. The van der Waals surface area contributed by atoms with Gasteiger partial charge in [-0.2, -0.15) is 0 Å². The van der Waals surface area contributed by atoms with Gasteiger partial charge >= 0.3 is 6.09 Å². The van der Waals surface area contributed by atoms with Crippen LogP contribution in [0, 0.1) is 21.8 Å². The molecule has 0 spiro atoms. The van der Waals surface area contributed by atoms with Gasteiger partial charge in [-0.3, -0.25) is 15.0 Å². The number of benzene rings is 3. The number of carbonyl (C=O) groups excluding carboxylic acids is 1. The highest BCUT2D eigenvalue weighted by Crippen LogP contribution is 2.39. The molecule has 44 heavy (non-hydrogen) atoms. The monoisotopic (exact) mass is 602 g/mol. The molecule has 232 valence electrons. The average Bonchev–Trinajstić information content (AvgIpc) is 3.34. The Labute approximate surface area is 257 Å². The molecule has 0 saturated carbocycles. The largest absolute Gasteiger partial charge is 0.445 e. The molecule has 1 N–H and O–H groups in total. The van der Waals surface area contributed by atoms with Gasteiger partial charge in [-0.05, 0) is 41.7 Å². The van der Waals surface area contributed by atoms with Gasteiger partial charge in [0.1, 0.15) is 18.0 Å². The Morgan fingerprint density at radius 1 is 1.05 bits per heavy atom. The molecule has 3 aromatic rings. The van der Waals surface area contributed by atoms with E-state index in [0.29, 0.717) is 44.6 Å². The van der Waals surface area contributed by atoms with Crippen molar-refractivity contribution in [1.29, 1.82) is 0 Å². The van der Waals surface area contributed by atoms with Crippen molar-refractivity contribution in [3.05, 3.63) is 124 Å². The Morgan fingerprint density at radius 3 is 2.36 bits per heavy atom. The van der Waals surface area contributed by atoms with Gasteiger partial charge in [-0.15, -0.1) is 0 Å². The highest BCUT2D eigenvalue weighted by molar-refractivity contribution is 5.68. The van der Waals surface area contributed by atoms with Crippen LogP contribution in [0.2, 0.25) is 0 Å². The Kier molecular flexibility index (Phi) is 10.0. The number of amides is 1. The first-order valence-electron chi connectivity index (χ1n) is 15.0. The first-order valence-corrected chi connectivity index (χ1v) is 15.0. The smallest absolute Gasteiger partial charge is 0.410 e. The molecule has 0 radical (unpaired) electrons. The molecule has 3 aromatic carbocycles. The molecule has 2 saturated heterocycles. The first kappa shape index (κ1) is 31.3. The van der Waals surface area contributed by atoms with Crippen LogP contribution in [0.25, 0.3) is 0 Å². The van der Waals surface area contributed by atoms with Crippen LogP contribution in [0.15, 0.2) is 91.5 Å². The number of rotatable bonds is 11. The van der Waals surface area contributed by atoms with Gasteiger partial charge in [0.2, 0.25) is 0 Å². The van der Waals surface area contributed by atoms with Crippen molar-refractivity contribution in [1.82, 2.24) is 14.7 Å². The van der Waals surface area contributed by atoms with Crippen molar-refractivity contribution < 1.29 is 24.0 Å². The van der Waals surface area contributed by atoms with E-state index in [1.807, 2.05) is 18.2 Å². The van der Waals surface area contributed by atoms with E-state index in [4.69, 9.17) is 4.74 Å². The molecule has 0 aliphatic carbocycles. The minimum absolute atomic E-state index is 0.00214. The summed E-state index contributed by atoms with van der Waals surface area (Å²) in [5.41, 5.74) is 1.54. The lowest BCUT2D eigenvalue weighted by Gasteiger charge is -2.40. The van der Waals surface area contributed by atoms with Gasteiger partial charge in [0.15, 0.2) is 0 Å². The fourth-order valence-electron chi connectivity index (χ4n) is 6.43. The normalized spacial score (nSPS) is 21.2. The van der Waals surface area contributed by atoms with Gasteiger partial charge in [-0.1, -0.05) is 67.3 Å². The number of hydrogen-bond donors (Lipinski definition) is 1. The third kappa shape index (κ3) is 7.50. The van der Waals surface area contributed by atoms with Crippen molar-refractivity contribution in [2.24, 2.45) is 5.92 Å². The van der Waals surface area contributed by atoms with E-state index in [1.54, 1.807) is 29.2 Å². The summed E-state index contributed by atoms with van der Waals surface area (Å²) in [5.74, 6) is -0.429. The molecule has 2 heterocycles.